The Bertz CT molecular complexity index is 604. The molecule has 19 heavy (non-hydrogen) atoms. The van der Waals surface area contributed by atoms with Crippen LogP contribution < -0.4 is 5.73 Å². The van der Waals surface area contributed by atoms with Crippen molar-refractivity contribution in [3.8, 4) is 11.4 Å². The molecule has 0 saturated heterocycles. The molecule has 0 unspecified atom stereocenters. The molecule has 0 aliphatic heterocycles. The summed E-state index contributed by atoms with van der Waals surface area (Å²) in [7, 11) is 0. The van der Waals surface area contributed by atoms with E-state index in [-0.39, 0.29) is 0 Å². The van der Waals surface area contributed by atoms with E-state index in [1.807, 2.05) is 0 Å². The fourth-order valence-corrected chi connectivity index (χ4v) is 2.63. The van der Waals surface area contributed by atoms with Gasteiger partial charge in [-0.25, -0.2) is 9.97 Å². The smallest absolute Gasteiger partial charge is 0.161 e. The minimum absolute atomic E-state index is 0.534. The summed E-state index contributed by atoms with van der Waals surface area (Å²) >= 11 is 3.50. The number of anilines is 1. The van der Waals surface area contributed by atoms with Gasteiger partial charge in [0, 0.05) is 11.5 Å². The Morgan fingerprint density at radius 1 is 1.21 bits per heavy atom. The summed E-state index contributed by atoms with van der Waals surface area (Å²) in [4.78, 5) is 9.07. The third kappa shape index (κ3) is 2.50. The van der Waals surface area contributed by atoms with Gasteiger partial charge in [-0.15, -0.1) is 0 Å². The van der Waals surface area contributed by atoms with Crippen LogP contribution in [-0.4, -0.2) is 9.97 Å². The van der Waals surface area contributed by atoms with Crippen LogP contribution in [0.5, 0.6) is 0 Å². The Morgan fingerprint density at radius 2 is 1.89 bits per heavy atom. The van der Waals surface area contributed by atoms with E-state index in [1.54, 1.807) is 0 Å². The highest BCUT2D eigenvalue weighted by molar-refractivity contribution is 9.10. The van der Waals surface area contributed by atoms with E-state index in [2.05, 4.69) is 57.1 Å². The van der Waals surface area contributed by atoms with Crippen molar-refractivity contribution in [3.63, 3.8) is 0 Å². The van der Waals surface area contributed by atoms with Crippen molar-refractivity contribution in [2.45, 2.75) is 32.1 Å². The lowest BCUT2D eigenvalue weighted by Gasteiger charge is -2.08. The largest absolute Gasteiger partial charge is 0.383 e. The van der Waals surface area contributed by atoms with Gasteiger partial charge in [0.2, 0.25) is 0 Å². The lowest BCUT2D eigenvalue weighted by atomic mass is 10.1. The molecule has 0 spiro atoms. The van der Waals surface area contributed by atoms with Gasteiger partial charge in [-0.2, -0.15) is 0 Å². The van der Waals surface area contributed by atoms with Gasteiger partial charge in [-0.3, -0.25) is 0 Å². The van der Waals surface area contributed by atoms with Crippen LogP contribution in [0.4, 0.5) is 5.82 Å². The zero-order chi connectivity index (χ0) is 13.4. The molecular weight excluding hydrogens is 302 g/mol. The van der Waals surface area contributed by atoms with E-state index < -0.39 is 0 Å². The molecule has 0 amide bonds. The molecule has 4 heteroatoms. The quantitative estimate of drug-likeness (QED) is 0.933. The number of aryl methyl sites for hydroxylation is 1. The summed E-state index contributed by atoms with van der Waals surface area (Å²) < 4.78 is 0.865. The average molecular weight is 318 g/mol. The number of halogens is 1. The number of hydrogen-bond acceptors (Lipinski definition) is 3. The van der Waals surface area contributed by atoms with Crippen LogP contribution in [0, 0.1) is 0 Å². The van der Waals surface area contributed by atoms with Crippen molar-refractivity contribution in [3.05, 3.63) is 40.0 Å². The van der Waals surface area contributed by atoms with Gasteiger partial charge in [0.15, 0.2) is 5.82 Å². The molecule has 3 rings (SSSR count). The molecule has 0 radical (unpaired) electrons. The Morgan fingerprint density at radius 3 is 2.47 bits per heavy atom. The van der Waals surface area contributed by atoms with Gasteiger partial charge < -0.3 is 5.73 Å². The van der Waals surface area contributed by atoms with E-state index in [9.17, 15) is 0 Å². The van der Waals surface area contributed by atoms with Crippen LogP contribution in [0.1, 0.15) is 36.9 Å². The monoisotopic (exact) mass is 317 g/mol. The molecule has 1 heterocycles. The second-order valence-electron chi connectivity index (χ2n) is 4.96. The predicted octanol–water partition coefficient (Wildman–Crippen LogP) is 3.93. The number of aromatic nitrogens is 2. The zero-order valence-electron chi connectivity index (χ0n) is 10.9. The number of nitrogen functional groups attached to an aromatic ring is 1. The number of rotatable bonds is 3. The lowest BCUT2D eigenvalue weighted by molar-refractivity contribution is 0.984. The van der Waals surface area contributed by atoms with Crippen LogP contribution in [-0.2, 0) is 6.42 Å². The molecule has 2 N–H and O–H groups in total. The van der Waals surface area contributed by atoms with Gasteiger partial charge in [-0.05, 0) is 40.8 Å². The number of nitrogens with two attached hydrogens (primary N) is 1. The second kappa shape index (κ2) is 4.93. The van der Waals surface area contributed by atoms with E-state index >= 15 is 0 Å². The van der Waals surface area contributed by atoms with Gasteiger partial charge in [0.1, 0.15) is 5.82 Å². The summed E-state index contributed by atoms with van der Waals surface area (Å²) in [5, 5.41) is 0. The first-order valence-corrected chi connectivity index (χ1v) is 7.40. The fourth-order valence-electron chi connectivity index (χ4n) is 2.13. The summed E-state index contributed by atoms with van der Waals surface area (Å²) in [5.41, 5.74) is 9.38. The Labute approximate surface area is 121 Å². The molecule has 1 aromatic carbocycles. The van der Waals surface area contributed by atoms with Crippen LogP contribution in [0.2, 0.25) is 0 Å². The Balaban J connectivity index is 2.03. The van der Waals surface area contributed by atoms with Crippen LogP contribution >= 0.6 is 15.9 Å². The van der Waals surface area contributed by atoms with Crippen LogP contribution in [0.3, 0.4) is 0 Å². The molecule has 1 aliphatic carbocycles. The van der Waals surface area contributed by atoms with E-state index in [0.29, 0.717) is 11.7 Å². The van der Waals surface area contributed by atoms with Crippen LogP contribution in [0.25, 0.3) is 11.4 Å². The topological polar surface area (TPSA) is 51.8 Å². The number of nitrogens with zero attached hydrogens (tertiary/aromatic N) is 2. The molecule has 1 fully saturated rings. The molecule has 98 valence electrons. The highest BCUT2D eigenvalue weighted by atomic mass is 79.9. The highest BCUT2D eigenvalue weighted by Gasteiger charge is 2.29. The first-order chi connectivity index (χ1) is 9.19. The molecule has 3 nitrogen and oxygen atoms in total. The van der Waals surface area contributed by atoms with Crippen molar-refractivity contribution >= 4 is 21.7 Å². The Kier molecular flexibility index (Phi) is 3.27. The molecule has 2 aromatic rings. The van der Waals surface area contributed by atoms with E-state index in [4.69, 9.17) is 5.73 Å². The van der Waals surface area contributed by atoms with Gasteiger partial charge in [-0.1, -0.05) is 31.2 Å². The predicted molar refractivity (Wildman–Crippen MR) is 80.9 cm³/mol. The minimum Gasteiger partial charge on any atom is -0.383 e. The second-order valence-corrected chi connectivity index (χ2v) is 5.75. The summed E-state index contributed by atoms with van der Waals surface area (Å²) in [6.45, 7) is 2.15. The van der Waals surface area contributed by atoms with Gasteiger partial charge in [0.25, 0.3) is 0 Å². The molecule has 1 aliphatic rings. The molecule has 0 bridgehead atoms. The summed E-state index contributed by atoms with van der Waals surface area (Å²) in [5.74, 6) is 1.81. The third-order valence-electron chi connectivity index (χ3n) is 3.49. The molecule has 1 aromatic heterocycles. The third-order valence-corrected chi connectivity index (χ3v) is 4.30. The number of benzene rings is 1. The lowest BCUT2D eigenvalue weighted by Crippen LogP contribution is -2.02. The molecule has 0 atom stereocenters. The molecule has 1 saturated carbocycles. The Hall–Kier alpha value is -1.42. The fraction of sp³-hybridized carbons (Fsp3) is 0.333. The van der Waals surface area contributed by atoms with E-state index in [0.717, 1.165) is 28.0 Å². The SMILES string of the molecule is CCc1ccc(-c2nc(N)c(Br)c(C3CC3)n2)cc1. The van der Waals surface area contributed by atoms with Crippen LogP contribution in [0.15, 0.2) is 28.7 Å². The van der Waals surface area contributed by atoms with Gasteiger partial charge >= 0.3 is 0 Å². The first-order valence-electron chi connectivity index (χ1n) is 6.61. The maximum Gasteiger partial charge on any atom is 0.161 e. The highest BCUT2D eigenvalue weighted by Crippen LogP contribution is 2.43. The van der Waals surface area contributed by atoms with Crippen molar-refractivity contribution in [1.82, 2.24) is 9.97 Å². The van der Waals surface area contributed by atoms with Crippen molar-refractivity contribution in [1.29, 1.82) is 0 Å². The molecular formula is C15H16BrN3. The van der Waals surface area contributed by atoms with Gasteiger partial charge in [0.05, 0.1) is 10.2 Å². The van der Waals surface area contributed by atoms with E-state index in [1.165, 1.54) is 18.4 Å². The first kappa shape index (κ1) is 12.6. The standard InChI is InChI=1S/C15H16BrN3/c1-2-9-3-5-11(6-4-9)15-18-13(10-7-8-10)12(16)14(17)19-15/h3-6,10H,2,7-8H2,1H3,(H2,17,18,19). The maximum absolute atomic E-state index is 5.98. The summed E-state index contributed by atoms with van der Waals surface area (Å²) in [6, 6.07) is 8.37. The number of hydrogen-bond donors (Lipinski definition) is 1. The minimum atomic E-state index is 0.534. The van der Waals surface area contributed by atoms with Crippen molar-refractivity contribution < 1.29 is 0 Å². The average Bonchev–Trinajstić information content (AvgIpc) is 3.26. The zero-order valence-corrected chi connectivity index (χ0v) is 12.4. The summed E-state index contributed by atoms with van der Waals surface area (Å²) in [6.07, 6.45) is 3.43. The van der Waals surface area contributed by atoms with Crippen molar-refractivity contribution in [2.24, 2.45) is 0 Å². The van der Waals surface area contributed by atoms with Crippen molar-refractivity contribution in [2.75, 3.05) is 5.73 Å². The maximum atomic E-state index is 5.98. The normalized spacial score (nSPS) is 14.6.